The molecule has 3 aromatic carbocycles. The minimum absolute atomic E-state index is 0.0585. The van der Waals surface area contributed by atoms with Crippen molar-refractivity contribution < 1.29 is 14.8 Å². The Morgan fingerprint density at radius 2 is 1.59 bits per heavy atom. The van der Waals surface area contributed by atoms with E-state index in [-0.39, 0.29) is 11.3 Å². The highest BCUT2D eigenvalue weighted by Gasteiger charge is 2.15. The third-order valence-corrected chi connectivity index (χ3v) is 3.93. The van der Waals surface area contributed by atoms with Gasteiger partial charge in [0.2, 0.25) is 0 Å². The number of anilines is 1. The van der Waals surface area contributed by atoms with E-state index >= 15 is 0 Å². The number of nitriles is 1. The fourth-order valence-corrected chi connectivity index (χ4v) is 2.51. The number of nitro groups is 1. The highest BCUT2D eigenvalue weighted by molar-refractivity contribution is 6.06. The maximum atomic E-state index is 12.3. The summed E-state index contributed by atoms with van der Waals surface area (Å²) < 4.78 is 0. The van der Waals surface area contributed by atoms with Crippen LogP contribution in [-0.4, -0.2) is 15.9 Å². The van der Waals surface area contributed by atoms with E-state index in [4.69, 9.17) is 5.26 Å². The van der Waals surface area contributed by atoms with E-state index in [9.17, 15) is 20.0 Å². The molecule has 1 amide bonds. The molecule has 7 nitrogen and oxygen atoms in total. The molecular weight excluding hydrogens is 346 g/mol. The number of phenols is 1. The predicted molar refractivity (Wildman–Crippen MR) is 99.3 cm³/mol. The fourth-order valence-electron chi connectivity index (χ4n) is 2.51. The molecule has 0 bridgehead atoms. The lowest BCUT2D eigenvalue weighted by atomic mass is 10.0. The number of nitrogens with zero attached hydrogens (tertiary/aromatic N) is 2. The molecule has 0 aliphatic rings. The van der Waals surface area contributed by atoms with E-state index in [2.05, 4.69) is 11.4 Å². The van der Waals surface area contributed by atoms with Gasteiger partial charge in [0.1, 0.15) is 5.75 Å². The van der Waals surface area contributed by atoms with Gasteiger partial charge in [-0.2, -0.15) is 5.26 Å². The molecule has 3 rings (SSSR count). The van der Waals surface area contributed by atoms with E-state index in [0.29, 0.717) is 11.3 Å². The standard InChI is InChI=1S/C20H13N3O4/c21-12-13-1-3-14(4-2-13)15-5-7-16(8-6-15)22-20(25)18-10-9-17(23(26)27)11-19(18)24/h1-11,24H,(H,22,25). The zero-order valence-corrected chi connectivity index (χ0v) is 13.9. The molecule has 0 saturated carbocycles. The monoisotopic (exact) mass is 359 g/mol. The zero-order valence-electron chi connectivity index (χ0n) is 13.9. The number of carbonyl (C=O) groups excluding carboxylic acids is 1. The Bertz CT molecular complexity index is 1050. The summed E-state index contributed by atoms with van der Waals surface area (Å²) in [5, 5.41) is 32.0. The van der Waals surface area contributed by atoms with Gasteiger partial charge < -0.3 is 10.4 Å². The summed E-state index contributed by atoms with van der Waals surface area (Å²) in [7, 11) is 0. The molecule has 0 aliphatic carbocycles. The second-order valence-corrected chi connectivity index (χ2v) is 5.68. The molecule has 0 fully saturated rings. The summed E-state index contributed by atoms with van der Waals surface area (Å²) in [5.41, 5.74) is 2.57. The first-order valence-corrected chi connectivity index (χ1v) is 7.87. The van der Waals surface area contributed by atoms with Gasteiger partial charge >= 0.3 is 0 Å². The summed E-state index contributed by atoms with van der Waals surface area (Å²) >= 11 is 0. The van der Waals surface area contributed by atoms with Gasteiger partial charge in [0.25, 0.3) is 11.6 Å². The van der Waals surface area contributed by atoms with Gasteiger partial charge in [0.15, 0.2) is 0 Å². The van der Waals surface area contributed by atoms with Crippen LogP contribution in [0.1, 0.15) is 15.9 Å². The maximum Gasteiger partial charge on any atom is 0.273 e. The number of aromatic hydroxyl groups is 1. The Kier molecular flexibility index (Phi) is 4.82. The number of benzene rings is 3. The average molecular weight is 359 g/mol. The topological polar surface area (TPSA) is 116 Å². The number of rotatable bonds is 4. The normalized spacial score (nSPS) is 10.0. The van der Waals surface area contributed by atoms with E-state index in [1.54, 1.807) is 24.3 Å². The van der Waals surface area contributed by atoms with E-state index in [1.165, 1.54) is 6.07 Å². The predicted octanol–water partition coefficient (Wildman–Crippen LogP) is 4.09. The van der Waals surface area contributed by atoms with Gasteiger partial charge in [-0.3, -0.25) is 14.9 Å². The molecule has 3 aromatic rings. The van der Waals surface area contributed by atoms with Crippen molar-refractivity contribution in [3.05, 3.63) is 88.0 Å². The lowest BCUT2D eigenvalue weighted by Gasteiger charge is -2.08. The molecule has 0 heterocycles. The van der Waals surface area contributed by atoms with Crippen LogP contribution in [-0.2, 0) is 0 Å². The van der Waals surface area contributed by atoms with Crippen LogP contribution in [0.5, 0.6) is 5.75 Å². The molecule has 0 spiro atoms. The van der Waals surface area contributed by atoms with Crippen LogP contribution in [0.4, 0.5) is 11.4 Å². The average Bonchev–Trinajstić information content (AvgIpc) is 2.68. The number of non-ortho nitro benzene ring substituents is 1. The molecule has 7 heteroatoms. The Hall–Kier alpha value is -4.18. The molecule has 132 valence electrons. The second kappa shape index (κ2) is 7.37. The molecular formula is C20H13N3O4. The van der Waals surface area contributed by atoms with Crippen molar-refractivity contribution in [1.82, 2.24) is 0 Å². The number of nitrogens with one attached hydrogen (secondary N) is 1. The number of nitro benzene ring substituents is 1. The van der Waals surface area contributed by atoms with E-state index in [0.717, 1.165) is 23.3 Å². The van der Waals surface area contributed by atoms with Crippen molar-refractivity contribution in [2.75, 3.05) is 5.32 Å². The zero-order chi connectivity index (χ0) is 19.4. The smallest absolute Gasteiger partial charge is 0.273 e. The lowest BCUT2D eigenvalue weighted by molar-refractivity contribution is -0.384. The molecule has 0 radical (unpaired) electrons. The summed E-state index contributed by atoms with van der Waals surface area (Å²) in [5.74, 6) is -1.04. The minimum atomic E-state index is -0.650. The highest BCUT2D eigenvalue weighted by atomic mass is 16.6. The molecule has 0 unspecified atom stereocenters. The Balaban J connectivity index is 1.75. The Labute approximate surface area is 154 Å². The number of phenolic OH excluding ortho intramolecular Hbond substituents is 1. The summed E-state index contributed by atoms with van der Waals surface area (Å²) in [6, 6.07) is 19.5. The number of hydrogen-bond acceptors (Lipinski definition) is 5. The van der Waals surface area contributed by atoms with Crippen LogP contribution in [0.2, 0.25) is 0 Å². The first-order valence-electron chi connectivity index (χ1n) is 7.87. The molecule has 27 heavy (non-hydrogen) atoms. The van der Waals surface area contributed by atoms with Gasteiger partial charge in [0.05, 0.1) is 28.2 Å². The maximum absolute atomic E-state index is 12.3. The summed E-state index contributed by atoms with van der Waals surface area (Å²) in [6.07, 6.45) is 0. The second-order valence-electron chi connectivity index (χ2n) is 5.68. The van der Waals surface area contributed by atoms with E-state index < -0.39 is 16.6 Å². The van der Waals surface area contributed by atoms with Crippen molar-refractivity contribution in [2.45, 2.75) is 0 Å². The number of hydrogen-bond donors (Lipinski definition) is 2. The Morgan fingerprint density at radius 1 is 1.00 bits per heavy atom. The Morgan fingerprint density at radius 3 is 2.11 bits per heavy atom. The van der Waals surface area contributed by atoms with Crippen LogP contribution < -0.4 is 5.32 Å². The fraction of sp³-hybridized carbons (Fsp3) is 0. The first-order chi connectivity index (χ1) is 13.0. The quantitative estimate of drug-likeness (QED) is 0.537. The number of amides is 1. The summed E-state index contributed by atoms with van der Waals surface area (Å²) in [4.78, 5) is 22.3. The largest absolute Gasteiger partial charge is 0.507 e. The molecule has 0 atom stereocenters. The van der Waals surface area contributed by atoms with Gasteiger partial charge in [-0.15, -0.1) is 0 Å². The van der Waals surface area contributed by atoms with Crippen LogP contribution in [0, 0.1) is 21.4 Å². The van der Waals surface area contributed by atoms with Crippen molar-refractivity contribution in [2.24, 2.45) is 0 Å². The minimum Gasteiger partial charge on any atom is -0.507 e. The van der Waals surface area contributed by atoms with Crippen LogP contribution >= 0.6 is 0 Å². The number of carbonyl (C=O) groups is 1. The highest BCUT2D eigenvalue weighted by Crippen LogP contribution is 2.25. The SMILES string of the molecule is N#Cc1ccc(-c2ccc(NC(=O)c3ccc([N+](=O)[O-])cc3O)cc2)cc1. The molecule has 0 aromatic heterocycles. The first kappa shape index (κ1) is 17.6. The molecule has 2 N–H and O–H groups in total. The summed E-state index contributed by atoms with van der Waals surface area (Å²) in [6.45, 7) is 0. The molecule has 0 aliphatic heterocycles. The van der Waals surface area contributed by atoms with Gasteiger partial charge in [-0.1, -0.05) is 24.3 Å². The van der Waals surface area contributed by atoms with Crippen molar-refractivity contribution in [1.29, 1.82) is 5.26 Å². The van der Waals surface area contributed by atoms with Crippen molar-refractivity contribution in [3.8, 4) is 22.9 Å². The van der Waals surface area contributed by atoms with Gasteiger partial charge in [-0.25, -0.2) is 0 Å². The molecule has 0 saturated heterocycles. The van der Waals surface area contributed by atoms with Gasteiger partial charge in [0, 0.05) is 11.8 Å². The van der Waals surface area contributed by atoms with Crippen LogP contribution in [0.15, 0.2) is 66.7 Å². The van der Waals surface area contributed by atoms with Crippen molar-refractivity contribution >= 4 is 17.3 Å². The van der Waals surface area contributed by atoms with E-state index in [1.807, 2.05) is 24.3 Å². The van der Waals surface area contributed by atoms with Gasteiger partial charge in [-0.05, 0) is 41.5 Å². The lowest BCUT2D eigenvalue weighted by Crippen LogP contribution is -2.12. The van der Waals surface area contributed by atoms with Crippen LogP contribution in [0.25, 0.3) is 11.1 Å². The third-order valence-electron chi connectivity index (χ3n) is 3.93. The third kappa shape index (κ3) is 3.91. The van der Waals surface area contributed by atoms with Crippen LogP contribution in [0.3, 0.4) is 0 Å². The van der Waals surface area contributed by atoms with Crippen molar-refractivity contribution in [3.63, 3.8) is 0 Å².